The zero-order valence-electron chi connectivity index (χ0n) is 8.37. The van der Waals surface area contributed by atoms with Crippen molar-refractivity contribution < 1.29 is 0 Å². The summed E-state index contributed by atoms with van der Waals surface area (Å²) in [7, 11) is 2.09. The van der Waals surface area contributed by atoms with Gasteiger partial charge in [-0.3, -0.25) is 4.90 Å². The van der Waals surface area contributed by atoms with Crippen LogP contribution in [0.15, 0.2) is 15.9 Å². The maximum Gasteiger partial charge on any atom is 0.0701 e. The SMILES string of the molecule is CC(N)CN(C)Cc1ccc(Br)s1.Cl. The molecular formula is C9H16BrClN2S. The molecule has 1 aromatic heterocycles. The topological polar surface area (TPSA) is 29.3 Å². The van der Waals surface area contributed by atoms with Gasteiger partial charge in [0.15, 0.2) is 0 Å². The van der Waals surface area contributed by atoms with E-state index in [1.165, 1.54) is 8.66 Å². The highest BCUT2D eigenvalue weighted by molar-refractivity contribution is 9.11. The standard InChI is InChI=1S/C9H15BrN2S.ClH/c1-7(11)5-12(2)6-8-3-4-9(10)13-8;/h3-4,7H,5-6,11H2,1-2H3;1H. The third kappa shape index (κ3) is 5.32. The summed E-state index contributed by atoms with van der Waals surface area (Å²) in [5.74, 6) is 0. The molecule has 0 aliphatic heterocycles. The van der Waals surface area contributed by atoms with E-state index in [-0.39, 0.29) is 18.4 Å². The number of hydrogen-bond donors (Lipinski definition) is 1. The van der Waals surface area contributed by atoms with Crippen molar-refractivity contribution in [3.63, 3.8) is 0 Å². The molecule has 0 spiro atoms. The molecule has 0 saturated heterocycles. The van der Waals surface area contributed by atoms with Gasteiger partial charge in [-0.05, 0) is 42.0 Å². The average Bonchev–Trinajstić information content (AvgIpc) is 2.33. The molecule has 1 atom stereocenters. The normalized spacial score (nSPS) is 12.6. The molecule has 82 valence electrons. The van der Waals surface area contributed by atoms with Crippen LogP contribution in [0.25, 0.3) is 0 Å². The fraction of sp³-hybridized carbons (Fsp3) is 0.556. The van der Waals surface area contributed by atoms with Crippen molar-refractivity contribution in [1.29, 1.82) is 0 Å². The molecule has 0 bridgehead atoms. The second kappa shape index (κ2) is 6.80. The molecule has 0 amide bonds. The fourth-order valence-corrected chi connectivity index (χ4v) is 2.82. The third-order valence-electron chi connectivity index (χ3n) is 1.65. The van der Waals surface area contributed by atoms with Crippen molar-refractivity contribution in [2.45, 2.75) is 19.5 Å². The summed E-state index contributed by atoms with van der Waals surface area (Å²) >= 11 is 5.23. The van der Waals surface area contributed by atoms with Crippen molar-refractivity contribution in [3.05, 3.63) is 20.8 Å². The van der Waals surface area contributed by atoms with Crippen molar-refractivity contribution in [1.82, 2.24) is 4.90 Å². The van der Waals surface area contributed by atoms with Gasteiger partial charge in [-0.25, -0.2) is 0 Å². The highest BCUT2D eigenvalue weighted by Crippen LogP contribution is 2.22. The maximum atomic E-state index is 5.70. The third-order valence-corrected chi connectivity index (χ3v) is 3.26. The van der Waals surface area contributed by atoms with Crippen molar-refractivity contribution in [2.75, 3.05) is 13.6 Å². The average molecular weight is 300 g/mol. The number of likely N-dealkylation sites (N-methyl/N-ethyl adjacent to an activating group) is 1. The molecule has 0 aliphatic rings. The lowest BCUT2D eigenvalue weighted by Crippen LogP contribution is -2.32. The van der Waals surface area contributed by atoms with Crippen LogP contribution in [0.5, 0.6) is 0 Å². The summed E-state index contributed by atoms with van der Waals surface area (Å²) in [4.78, 5) is 3.61. The molecular weight excluding hydrogens is 284 g/mol. The molecule has 2 N–H and O–H groups in total. The molecule has 2 nitrogen and oxygen atoms in total. The van der Waals surface area contributed by atoms with Crippen molar-refractivity contribution in [3.8, 4) is 0 Å². The first-order valence-electron chi connectivity index (χ1n) is 4.26. The van der Waals surface area contributed by atoms with E-state index in [0.717, 1.165) is 13.1 Å². The van der Waals surface area contributed by atoms with E-state index in [0.29, 0.717) is 0 Å². The van der Waals surface area contributed by atoms with Crippen LogP contribution in [-0.4, -0.2) is 24.5 Å². The van der Waals surface area contributed by atoms with Gasteiger partial charge < -0.3 is 5.73 Å². The predicted molar refractivity (Wildman–Crippen MR) is 69.3 cm³/mol. The largest absolute Gasteiger partial charge is 0.327 e. The summed E-state index contributed by atoms with van der Waals surface area (Å²) in [6, 6.07) is 4.47. The van der Waals surface area contributed by atoms with Gasteiger partial charge in [0.1, 0.15) is 0 Å². The van der Waals surface area contributed by atoms with Crippen molar-refractivity contribution >= 4 is 39.7 Å². The minimum absolute atomic E-state index is 0. The molecule has 0 saturated carbocycles. The number of halogens is 2. The van der Waals surface area contributed by atoms with Gasteiger partial charge in [-0.1, -0.05) is 0 Å². The van der Waals surface area contributed by atoms with E-state index in [4.69, 9.17) is 5.73 Å². The number of nitrogens with two attached hydrogens (primary N) is 1. The Morgan fingerprint density at radius 2 is 2.21 bits per heavy atom. The molecule has 1 unspecified atom stereocenters. The molecule has 1 rings (SSSR count). The van der Waals surface area contributed by atoms with Crippen LogP contribution < -0.4 is 5.73 Å². The highest BCUT2D eigenvalue weighted by Gasteiger charge is 2.04. The molecule has 14 heavy (non-hydrogen) atoms. The quantitative estimate of drug-likeness (QED) is 0.926. The molecule has 0 radical (unpaired) electrons. The van der Waals surface area contributed by atoms with E-state index in [1.54, 1.807) is 11.3 Å². The Balaban J connectivity index is 0.00000169. The monoisotopic (exact) mass is 298 g/mol. The first-order chi connectivity index (χ1) is 6.08. The lowest BCUT2D eigenvalue weighted by molar-refractivity contribution is 0.312. The summed E-state index contributed by atoms with van der Waals surface area (Å²) in [6.45, 7) is 3.95. The van der Waals surface area contributed by atoms with Gasteiger partial charge >= 0.3 is 0 Å². The van der Waals surface area contributed by atoms with E-state index in [9.17, 15) is 0 Å². The minimum Gasteiger partial charge on any atom is -0.327 e. The number of rotatable bonds is 4. The predicted octanol–water partition coefficient (Wildman–Crippen LogP) is 2.71. The Bertz CT molecular complexity index is 265. The zero-order valence-corrected chi connectivity index (χ0v) is 11.6. The van der Waals surface area contributed by atoms with E-state index >= 15 is 0 Å². The van der Waals surface area contributed by atoms with Gasteiger partial charge in [-0.2, -0.15) is 0 Å². The van der Waals surface area contributed by atoms with Crippen LogP contribution >= 0.6 is 39.7 Å². The second-order valence-corrected chi connectivity index (χ2v) is 5.93. The first kappa shape index (κ1) is 14.4. The Hall–Kier alpha value is 0.390. The number of hydrogen-bond acceptors (Lipinski definition) is 3. The zero-order chi connectivity index (χ0) is 9.84. The molecule has 0 aliphatic carbocycles. The number of thiophene rings is 1. The maximum absolute atomic E-state index is 5.70. The molecule has 1 heterocycles. The van der Waals surface area contributed by atoms with Crippen LogP contribution in [0.3, 0.4) is 0 Å². The molecule has 1 aromatic rings. The number of nitrogens with zero attached hydrogens (tertiary/aromatic N) is 1. The molecule has 0 fully saturated rings. The lowest BCUT2D eigenvalue weighted by atomic mass is 10.3. The summed E-state index contributed by atoms with van der Waals surface area (Å²) in [5.41, 5.74) is 5.70. The highest BCUT2D eigenvalue weighted by atomic mass is 79.9. The Kier molecular flexibility index (Phi) is 6.99. The van der Waals surface area contributed by atoms with Gasteiger partial charge in [0, 0.05) is 24.0 Å². The van der Waals surface area contributed by atoms with E-state index < -0.39 is 0 Å². The van der Waals surface area contributed by atoms with Gasteiger partial charge in [0.25, 0.3) is 0 Å². The molecule has 5 heteroatoms. The first-order valence-corrected chi connectivity index (χ1v) is 5.87. The van der Waals surface area contributed by atoms with Crippen LogP contribution in [0, 0.1) is 0 Å². The Morgan fingerprint density at radius 1 is 1.57 bits per heavy atom. The van der Waals surface area contributed by atoms with Gasteiger partial charge in [0.05, 0.1) is 3.79 Å². The lowest BCUT2D eigenvalue weighted by Gasteiger charge is -2.17. The summed E-state index contributed by atoms with van der Waals surface area (Å²) in [6.07, 6.45) is 0. The Morgan fingerprint density at radius 3 is 2.64 bits per heavy atom. The Labute approximate surface area is 104 Å². The second-order valence-electron chi connectivity index (χ2n) is 3.38. The molecule has 0 aromatic carbocycles. The van der Waals surface area contributed by atoms with Crippen LogP contribution in [0.4, 0.5) is 0 Å². The smallest absolute Gasteiger partial charge is 0.0701 e. The van der Waals surface area contributed by atoms with Gasteiger partial charge in [-0.15, -0.1) is 23.7 Å². The van der Waals surface area contributed by atoms with Gasteiger partial charge in [0.2, 0.25) is 0 Å². The van der Waals surface area contributed by atoms with E-state index in [1.807, 2.05) is 6.92 Å². The minimum atomic E-state index is 0. The van der Waals surface area contributed by atoms with Crippen molar-refractivity contribution in [2.24, 2.45) is 5.73 Å². The van der Waals surface area contributed by atoms with Crippen LogP contribution in [0.2, 0.25) is 0 Å². The summed E-state index contributed by atoms with van der Waals surface area (Å²) < 4.78 is 1.19. The van der Waals surface area contributed by atoms with E-state index in [2.05, 4.69) is 40.0 Å². The summed E-state index contributed by atoms with van der Waals surface area (Å²) in [5, 5.41) is 0. The van der Waals surface area contributed by atoms with Crippen LogP contribution in [0.1, 0.15) is 11.8 Å². The fourth-order valence-electron chi connectivity index (χ4n) is 1.26. The van der Waals surface area contributed by atoms with Crippen LogP contribution in [-0.2, 0) is 6.54 Å².